The molecule has 0 bridgehead atoms. The Hall–Kier alpha value is -0.810. The van der Waals surface area contributed by atoms with Gasteiger partial charge in [0.25, 0.3) is 0 Å². The minimum atomic E-state index is -0.545. The van der Waals surface area contributed by atoms with Gasteiger partial charge in [0.1, 0.15) is 6.73 Å². The third-order valence-corrected chi connectivity index (χ3v) is 0.819. The highest BCUT2D eigenvalue weighted by Crippen LogP contribution is 1.75. The number of nitrogens with two attached hydrogens (primary N) is 1. The zero-order valence-corrected chi connectivity index (χ0v) is 5.67. The predicted molar refractivity (Wildman–Crippen MR) is 35.2 cm³/mol. The Morgan fingerprint density at radius 2 is 2.40 bits per heavy atom. The summed E-state index contributed by atoms with van der Waals surface area (Å²) < 4.78 is 4.33. The summed E-state index contributed by atoms with van der Waals surface area (Å²) in [5.74, 6) is 0. The van der Waals surface area contributed by atoms with Crippen molar-refractivity contribution in [3.63, 3.8) is 0 Å². The number of carbonyl (C=O) groups excluding carboxylic acids is 1. The van der Waals surface area contributed by atoms with Crippen LogP contribution in [0.5, 0.6) is 0 Å². The molecule has 60 valence electrons. The van der Waals surface area contributed by atoms with Crippen molar-refractivity contribution in [2.75, 3.05) is 19.9 Å². The van der Waals surface area contributed by atoms with Gasteiger partial charge in [-0.2, -0.15) is 0 Å². The molecule has 0 spiro atoms. The first kappa shape index (κ1) is 9.19. The van der Waals surface area contributed by atoms with Crippen LogP contribution in [0.25, 0.3) is 0 Å². The van der Waals surface area contributed by atoms with Gasteiger partial charge < -0.3 is 15.2 Å². The highest BCUT2D eigenvalue weighted by atomic mass is 16.6. The number of ether oxygens (including phenoxy) is 1. The Morgan fingerprint density at radius 3 is 2.90 bits per heavy atom. The lowest BCUT2D eigenvalue weighted by Crippen LogP contribution is -2.27. The van der Waals surface area contributed by atoms with E-state index in [0.717, 1.165) is 0 Å². The standard InChI is InChI=1S/C5H12N2O3/c6-4-10-5(9)7-2-1-3-8/h8H,1-4,6H2,(H,7,9). The summed E-state index contributed by atoms with van der Waals surface area (Å²) in [7, 11) is 0. The summed E-state index contributed by atoms with van der Waals surface area (Å²) in [6.07, 6.45) is -0.0180. The van der Waals surface area contributed by atoms with Crippen molar-refractivity contribution in [1.82, 2.24) is 5.32 Å². The minimum Gasteiger partial charge on any atom is -0.434 e. The lowest BCUT2D eigenvalue weighted by atomic mass is 10.5. The molecule has 0 rings (SSSR count). The van der Waals surface area contributed by atoms with Crippen LogP contribution in [0.15, 0.2) is 0 Å². The molecule has 1 amide bonds. The summed E-state index contributed by atoms with van der Waals surface area (Å²) in [6, 6.07) is 0. The summed E-state index contributed by atoms with van der Waals surface area (Å²) in [6.45, 7) is 0.350. The maximum Gasteiger partial charge on any atom is 0.408 e. The van der Waals surface area contributed by atoms with Crippen LogP contribution in [0.4, 0.5) is 4.79 Å². The van der Waals surface area contributed by atoms with Crippen LogP contribution in [0.3, 0.4) is 0 Å². The normalized spacial score (nSPS) is 9.00. The molecule has 0 saturated carbocycles. The number of nitrogens with one attached hydrogen (secondary N) is 1. The number of aliphatic hydroxyl groups is 1. The second kappa shape index (κ2) is 6.31. The Labute approximate surface area is 59.2 Å². The van der Waals surface area contributed by atoms with Crippen LogP contribution in [0, 0.1) is 0 Å². The average Bonchev–Trinajstić information content (AvgIpc) is 1.89. The molecule has 0 aromatic carbocycles. The van der Waals surface area contributed by atoms with Crippen molar-refractivity contribution in [3.05, 3.63) is 0 Å². The van der Waals surface area contributed by atoms with Crippen LogP contribution in [-0.2, 0) is 4.74 Å². The highest BCUT2D eigenvalue weighted by molar-refractivity contribution is 5.66. The fourth-order valence-electron chi connectivity index (χ4n) is 0.396. The molecule has 5 nitrogen and oxygen atoms in total. The highest BCUT2D eigenvalue weighted by Gasteiger charge is 1.96. The Morgan fingerprint density at radius 1 is 1.70 bits per heavy atom. The summed E-state index contributed by atoms with van der Waals surface area (Å²) in [5, 5.41) is 10.7. The number of rotatable bonds is 4. The van der Waals surface area contributed by atoms with Gasteiger partial charge in [-0.05, 0) is 6.42 Å². The van der Waals surface area contributed by atoms with Gasteiger partial charge in [0, 0.05) is 13.2 Å². The van der Waals surface area contributed by atoms with Gasteiger partial charge in [-0.1, -0.05) is 0 Å². The van der Waals surface area contributed by atoms with Crippen molar-refractivity contribution < 1.29 is 14.6 Å². The third-order valence-electron chi connectivity index (χ3n) is 0.819. The maximum absolute atomic E-state index is 10.4. The number of alkyl carbamates (subject to hydrolysis) is 1. The number of aliphatic hydroxyl groups excluding tert-OH is 1. The zero-order valence-electron chi connectivity index (χ0n) is 5.67. The van der Waals surface area contributed by atoms with Gasteiger partial charge in [-0.3, -0.25) is 5.73 Å². The molecule has 10 heavy (non-hydrogen) atoms. The van der Waals surface area contributed by atoms with Crippen molar-refractivity contribution in [2.45, 2.75) is 6.42 Å². The number of hydrogen-bond acceptors (Lipinski definition) is 4. The van der Waals surface area contributed by atoms with Gasteiger partial charge in [-0.15, -0.1) is 0 Å². The smallest absolute Gasteiger partial charge is 0.408 e. The van der Waals surface area contributed by atoms with E-state index >= 15 is 0 Å². The zero-order chi connectivity index (χ0) is 7.82. The SMILES string of the molecule is NCOC(=O)NCCCO. The van der Waals surface area contributed by atoms with Gasteiger partial charge in [0.05, 0.1) is 0 Å². The van der Waals surface area contributed by atoms with E-state index in [1.807, 2.05) is 0 Å². The Bertz CT molecular complexity index is 96.9. The molecule has 0 unspecified atom stereocenters. The fourth-order valence-corrected chi connectivity index (χ4v) is 0.396. The molecule has 0 aromatic rings. The molecule has 0 fully saturated rings. The average molecular weight is 148 g/mol. The number of amides is 1. The quantitative estimate of drug-likeness (QED) is 0.353. The van der Waals surface area contributed by atoms with Crippen LogP contribution in [0.2, 0.25) is 0 Å². The van der Waals surface area contributed by atoms with Crippen LogP contribution < -0.4 is 11.1 Å². The number of carbonyl (C=O) groups is 1. The molecule has 0 atom stereocenters. The molecule has 0 radical (unpaired) electrons. The first-order valence-corrected chi connectivity index (χ1v) is 3.02. The lowest BCUT2D eigenvalue weighted by Gasteiger charge is -2.02. The van der Waals surface area contributed by atoms with E-state index in [1.54, 1.807) is 0 Å². The van der Waals surface area contributed by atoms with Crippen molar-refractivity contribution in [3.8, 4) is 0 Å². The summed E-state index contributed by atoms with van der Waals surface area (Å²) in [5.41, 5.74) is 4.90. The second-order valence-corrected chi connectivity index (χ2v) is 1.60. The molecule has 0 saturated heterocycles. The lowest BCUT2D eigenvalue weighted by molar-refractivity contribution is 0.148. The van der Waals surface area contributed by atoms with E-state index < -0.39 is 6.09 Å². The molecular weight excluding hydrogens is 136 g/mol. The van der Waals surface area contributed by atoms with Crippen LogP contribution in [0.1, 0.15) is 6.42 Å². The molecule has 0 aromatic heterocycles. The topological polar surface area (TPSA) is 84.6 Å². The maximum atomic E-state index is 10.4. The van der Waals surface area contributed by atoms with Gasteiger partial charge in [0.2, 0.25) is 0 Å². The van der Waals surface area contributed by atoms with E-state index in [1.165, 1.54) is 0 Å². The monoisotopic (exact) mass is 148 g/mol. The van der Waals surface area contributed by atoms with Crippen molar-refractivity contribution >= 4 is 6.09 Å². The third kappa shape index (κ3) is 5.33. The van der Waals surface area contributed by atoms with Gasteiger partial charge in [0.15, 0.2) is 0 Å². The molecule has 4 N–H and O–H groups in total. The molecular formula is C5H12N2O3. The number of hydrogen-bond donors (Lipinski definition) is 3. The first-order chi connectivity index (χ1) is 4.81. The van der Waals surface area contributed by atoms with Gasteiger partial charge in [-0.25, -0.2) is 4.79 Å². The van der Waals surface area contributed by atoms with E-state index in [-0.39, 0.29) is 13.3 Å². The van der Waals surface area contributed by atoms with E-state index in [0.29, 0.717) is 13.0 Å². The van der Waals surface area contributed by atoms with Crippen molar-refractivity contribution in [1.29, 1.82) is 0 Å². The molecule has 0 aliphatic rings. The molecule has 0 aliphatic carbocycles. The summed E-state index contributed by atoms with van der Waals surface area (Å²) >= 11 is 0. The first-order valence-electron chi connectivity index (χ1n) is 3.02. The van der Waals surface area contributed by atoms with Crippen LogP contribution >= 0.6 is 0 Å². The van der Waals surface area contributed by atoms with Gasteiger partial charge >= 0.3 is 6.09 Å². The largest absolute Gasteiger partial charge is 0.434 e. The fraction of sp³-hybridized carbons (Fsp3) is 0.800. The van der Waals surface area contributed by atoms with Crippen molar-refractivity contribution in [2.24, 2.45) is 5.73 Å². The molecule has 0 heterocycles. The van der Waals surface area contributed by atoms with E-state index in [2.05, 4.69) is 10.1 Å². The van der Waals surface area contributed by atoms with E-state index in [9.17, 15) is 4.79 Å². The summed E-state index contributed by atoms with van der Waals surface area (Å²) in [4.78, 5) is 10.4. The Balaban J connectivity index is 3.05. The van der Waals surface area contributed by atoms with E-state index in [4.69, 9.17) is 10.8 Å². The molecule has 0 aliphatic heterocycles. The predicted octanol–water partition coefficient (Wildman–Crippen LogP) is -0.989. The Kier molecular flexibility index (Phi) is 5.80. The minimum absolute atomic E-state index is 0.0584. The molecule has 5 heteroatoms. The second-order valence-electron chi connectivity index (χ2n) is 1.60. The van der Waals surface area contributed by atoms with Crippen LogP contribution in [-0.4, -0.2) is 31.1 Å².